The first-order valence-electron chi connectivity index (χ1n) is 9.69. The summed E-state index contributed by atoms with van der Waals surface area (Å²) in [6.07, 6.45) is 2.59. The molecule has 1 aromatic carbocycles. The third-order valence-corrected chi connectivity index (χ3v) is 5.54. The van der Waals surface area contributed by atoms with E-state index in [1.807, 2.05) is 39.8 Å². The van der Waals surface area contributed by atoms with Gasteiger partial charge in [-0.25, -0.2) is 0 Å². The molecule has 1 fully saturated rings. The zero-order chi connectivity index (χ0) is 20.2. The summed E-state index contributed by atoms with van der Waals surface area (Å²) >= 11 is 6.09. The van der Waals surface area contributed by atoms with Gasteiger partial charge in [0.05, 0.1) is 0 Å². The summed E-state index contributed by atoms with van der Waals surface area (Å²) in [7, 11) is 0. The third kappa shape index (κ3) is 5.02. The van der Waals surface area contributed by atoms with Gasteiger partial charge in [0.15, 0.2) is 0 Å². The van der Waals surface area contributed by atoms with Crippen molar-refractivity contribution in [2.75, 3.05) is 6.54 Å². The highest BCUT2D eigenvalue weighted by atomic mass is 35.5. The SMILES string of the molecule is CCC1(C(=O)NCc2cc(Cl)ccc2CN)CCCN1C(=O)CC(C)(C)C. The lowest BCUT2D eigenvalue weighted by Gasteiger charge is -2.38. The van der Waals surface area contributed by atoms with Crippen LogP contribution in [0.2, 0.25) is 5.02 Å². The highest BCUT2D eigenvalue weighted by Crippen LogP contribution is 2.35. The number of carbonyl (C=O) groups excluding carboxylic acids is 2. The van der Waals surface area contributed by atoms with Crippen molar-refractivity contribution >= 4 is 23.4 Å². The van der Waals surface area contributed by atoms with Gasteiger partial charge in [-0.15, -0.1) is 0 Å². The first kappa shape index (κ1) is 21.7. The van der Waals surface area contributed by atoms with Crippen LogP contribution in [-0.4, -0.2) is 28.8 Å². The lowest BCUT2D eigenvalue weighted by Crippen LogP contribution is -2.57. The molecule has 0 aliphatic carbocycles. The normalized spacial score (nSPS) is 20.0. The van der Waals surface area contributed by atoms with E-state index in [0.717, 1.165) is 17.5 Å². The molecule has 1 aromatic rings. The Bertz CT molecular complexity index is 699. The topological polar surface area (TPSA) is 75.4 Å². The Morgan fingerprint density at radius 1 is 1.30 bits per heavy atom. The van der Waals surface area contributed by atoms with Crippen LogP contribution >= 0.6 is 11.6 Å². The third-order valence-electron chi connectivity index (χ3n) is 5.31. The van der Waals surface area contributed by atoms with E-state index in [-0.39, 0.29) is 17.2 Å². The minimum absolute atomic E-state index is 0.0578. The molecule has 1 atom stereocenters. The summed E-state index contributed by atoms with van der Waals surface area (Å²) in [6.45, 7) is 9.49. The van der Waals surface area contributed by atoms with E-state index in [9.17, 15) is 9.59 Å². The maximum absolute atomic E-state index is 13.2. The molecule has 0 radical (unpaired) electrons. The Hall–Kier alpha value is -1.59. The van der Waals surface area contributed by atoms with E-state index in [1.54, 1.807) is 11.0 Å². The number of halogens is 1. The Labute approximate surface area is 167 Å². The van der Waals surface area contributed by atoms with Gasteiger partial charge in [0, 0.05) is 31.1 Å². The second-order valence-electron chi connectivity index (χ2n) is 8.57. The second-order valence-corrected chi connectivity index (χ2v) is 9.01. The van der Waals surface area contributed by atoms with Gasteiger partial charge in [0.1, 0.15) is 5.54 Å². The average molecular weight is 394 g/mol. The molecule has 1 aliphatic rings. The molecule has 1 unspecified atom stereocenters. The van der Waals surface area contributed by atoms with Gasteiger partial charge in [-0.1, -0.05) is 45.4 Å². The van der Waals surface area contributed by atoms with E-state index in [1.165, 1.54) is 0 Å². The van der Waals surface area contributed by atoms with Crippen LogP contribution in [0.15, 0.2) is 18.2 Å². The molecule has 0 aromatic heterocycles. The van der Waals surface area contributed by atoms with E-state index < -0.39 is 5.54 Å². The molecule has 1 aliphatic heterocycles. The van der Waals surface area contributed by atoms with Crippen molar-refractivity contribution in [1.82, 2.24) is 10.2 Å². The quantitative estimate of drug-likeness (QED) is 0.774. The molecule has 0 spiro atoms. The summed E-state index contributed by atoms with van der Waals surface area (Å²) in [5, 5.41) is 3.65. The Balaban J connectivity index is 2.16. The fraction of sp³-hybridized carbons (Fsp3) is 0.619. The van der Waals surface area contributed by atoms with Gasteiger partial charge in [0.2, 0.25) is 11.8 Å². The number of amides is 2. The fourth-order valence-electron chi connectivity index (χ4n) is 3.85. The highest BCUT2D eigenvalue weighted by molar-refractivity contribution is 6.30. The van der Waals surface area contributed by atoms with Crippen LogP contribution in [0.25, 0.3) is 0 Å². The van der Waals surface area contributed by atoms with Gasteiger partial charge < -0.3 is 16.0 Å². The number of hydrogen-bond donors (Lipinski definition) is 2. The van der Waals surface area contributed by atoms with Crippen LogP contribution < -0.4 is 11.1 Å². The van der Waals surface area contributed by atoms with Crippen LogP contribution in [-0.2, 0) is 22.7 Å². The lowest BCUT2D eigenvalue weighted by molar-refractivity contribution is -0.146. The predicted molar refractivity (Wildman–Crippen MR) is 109 cm³/mol. The number of benzene rings is 1. The van der Waals surface area contributed by atoms with Crippen LogP contribution in [0.3, 0.4) is 0 Å². The Morgan fingerprint density at radius 2 is 2.00 bits per heavy atom. The van der Waals surface area contributed by atoms with Gasteiger partial charge >= 0.3 is 0 Å². The Morgan fingerprint density at radius 3 is 2.59 bits per heavy atom. The molecule has 2 rings (SSSR count). The summed E-state index contributed by atoms with van der Waals surface area (Å²) in [6, 6.07) is 5.51. The number of carbonyl (C=O) groups is 2. The molecule has 1 heterocycles. The number of nitrogens with two attached hydrogens (primary N) is 1. The molecule has 5 nitrogen and oxygen atoms in total. The van der Waals surface area contributed by atoms with Crippen molar-refractivity contribution in [3.63, 3.8) is 0 Å². The first-order valence-corrected chi connectivity index (χ1v) is 10.1. The van der Waals surface area contributed by atoms with Crippen molar-refractivity contribution in [1.29, 1.82) is 0 Å². The first-order chi connectivity index (χ1) is 12.6. The maximum Gasteiger partial charge on any atom is 0.246 e. The van der Waals surface area contributed by atoms with Crippen molar-refractivity contribution in [2.45, 2.75) is 72.0 Å². The highest BCUT2D eigenvalue weighted by Gasteiger charge is 2.48. The molecule has 6 heteroatoms. The summed E-state index contributed by atoms with van der Waals surface area (Å²) < 4.78 is 0. The number of nitrogens with zero attached hydrogens (tertiary/aromatic N) is 1. The molecular weight excluding hydrogens is 362 g/mol. The van der Waals surface area contributed by atoms with E-state index in [2.05, 4.69) is 5.32 Å². The van der Waals surface area contributed by atoms with Crippen molar-refractivity contribution in [3.05, 3.63) is 34.3 Å². The Kier molecular flexibility index (Phi) is 6.92. The fourth-order valence-corrected chi connectivity index (χ4v) is 4.05. The smallest absolute Gasteiger partial charge is 0.246 e. The monoisotopic (exact) mass is 393 g/mol. The number of rotatable bonds is 6. The standard InChI is InChI=1S/C21H32ClN3O2/c1-5-21(9-6-10-25(21)18(26)12-20(2,3)4)19(27)24-14-16-11-17(22)8-7-15(16)13-23/h7-8,11H,5-6,9-10,12-14,23H2,1-4H3,(H,24,27). The summed E-state index contributed by atoms with van der Waals surface area (Å²) in [5.74, 6) is -0.0323. The van der Waals surface area contributed by atoms with Crippen LogP contribution in [0, 0.1) is 5.41 Å². The molecule has 1 saturated heterocycles. The van der Waals surface area contributed by atoms with Crippen molar-refractivity contribution in [2.24, 2.45) is 11.1 Å². The van der Waals surface area contributed by atoms with E-state index in [4.69, 9.17) is 17.3 Å². The van der Waals surface area contributed by atoms with Crippen LogP contribution in [0.5, 0.6) is 0 Å². The molecular formula is C21H32ClN3O2. The predicted octanol–water partition coefficient (Wildman–Crippen LogP) is 3.62. The van der Waals surface area contributed by atoms with Crippen LogP contribution in [0.4, 0.5) is 0 Å². The summed E-state index contributed by atoms with van der Waals surface area (Å²) in [4.78, 5) is 27.8. The van der Waals surface area contributed by atoms with E-state index in [0.29, 0.717) is 43.9 Å². The van der Waals surface area contributed by atoms with Crippen molar-refractivity contribution < 1.29 is 9.59 Å². The molecule has 0 saturated carbocycles. The lowest BCUT2D eigenvalue weighted by atomic mass is 9.88. The van der Waals surface area contributed by atoms with Crippen molar-refractivity contribution in [3.8, 4) is 0 Å². The van der Waals surface area contributed by atoms with Crippen LogP contribution in [0.1, 0.15) is 64.5 Å². The van der Waals surface area contributed by atoms with E-state index >= 15 is 0 Å². The molecule has 150 valence electrons. The minimum atomic E-state index is -0.760. The molecule has 2 amide bonds. The molecule has 0 bridgehead atoms. The zero-order valence-electron chi connectivity index (χ0n) is 16.9. The minimum Gasteiger partial charge on any atom is -0.350 e. The number of nitrogens with one attached hydrogen (secondary N) is 1. The van der Waals surface area contributed by atoms with Gasteiger partial charge in [-0.05, 0) is 47.9 Å². The number of hydrogen-bond acceptors (Lipinski definition) is 3. The second kappa shape index (κ2) is 8.61. The van der Waals surface area contributed by atoms with Gasteiger partial charge in [-0.3, -0.25) is 9.59 Å². The van der Waals surface area contributed by atoms with Gasteiger partial charge in [-0.2, -0.15) is 0 Å². The number of likely N-dealkylation sites (tertiary alicyclic amines) is 1. The maximum atomic E-state index is 13.2. The zero-order valence-corrected chi connectivity index (χ0v) is 17.7. The molecule has 3 N–H and O–H groups in total. The summed E-state index contributed by atoms with van der Waals surface area (Å²) in [5.41, 5.74) is 6.80. The molecule has 27 heavy (non-hydrogen) atoms. The largest absolute Gasteiger partial charge is 0.350 e. The average Bonchev–Trinajstić information content (AvgIpc) is 3.03. The van der Waals surface area contributed by atoms with Gasteiger partial charge in [0.25, 0.3) is 0 Å².